The summed E-state index contributed by atoms with van der Waals surface area (Å²) in [5.74, 6) is 1.52. The Kier molecular flexibility index (Phi) is 3.82. The number of carbonyl (C=O) groups excluding carboxylic acids is 1. The molecule has 3 rings (SSSR count). The van der Waals surface area contributed by atoms with E-state index in [0.29, 0.717) is 12.3 Å². The van der Waals surface area contributed by atoms with Crippen LogP contribution in [0.3, 0.4) is 0 Å². The molecule has 2 fully saturated rings. The summed E-state index contributed by atoms with van der Waals surface area (Å²) in [4.78, 5) is 24.7. The summed E-state index contributed by atoms with van der Waals surface area (Å²) in [7, 11) is 0. The number of hydrogen-bond donors (Lipinski definition) is 1. The number of amides is 1. The second-order valence-corrected chi connectivity index (χ2v) is 5.62. The Morgan fingerprint density at radius 2 is 1.90 bits per heavy atom. The third-order valence-corrected chi connectivity index (χ3v) is 4.11. The quantitative estimate of drug-likeness (QED) is 0.852. The van der Waals surface area contributed by atoms with Crippen LogP contribution in [0.2, 0.25) is 0 Å². The highest BCUT2D eigenvalue weighted by atomic mass is 16.2. The van der Waals surface area contributed by atoms with Crippen molar-refractivity contribution in [3.63, 3.8) is 0 Å². The number of nitrogens with two attached hydrogens (primary N) is 1. The maximum absolute atomic E-state index is 12.2. The number of hydrogen-bond acceptors (Lipinski definition) is 5. The first kappa shape index (κ1) is 13.3. The van der Waals surface area contributed by atoms with Gasteiger partial charge in [-0.2, -0.15) is 0 Å². The van der Waals surface area contributed by atoms with E-state index in [9.17, 15) is 4.79 Å². The molecule has 0 spiro atoms. The van der Waals surface area contributed by atoms with Gasteiger partial charge in [-0.3, -0.25) is 4.79 Å². The van der Waals surface area contributed by atoms with Crippen molar-refractivity contribution in [1.29, 1.82) is 0 Å². The van der Waals surface area contributed by atoms with Gasteiger partial charge in [-0.25, -0.2) is 9.97 Å². The molecular formula is C14H21N5O. The van der Waals surface area contributed by atoms with Gasteiger partial charge < -0.3 is 15.5 Å². The van der Waals surface area contributed by atoms with Crippen molar-refractivity contribution in [2.75, 3.05) is 31.1 Å². The lowest BCUT2D eigenvalue weighted by atomic mass is 10.1. The topological polar surface area (TPSA) is 75.4 Å². The standard InChI is InChI=1S/C14H21N5O/c15-12(11-2-3-11)10-13(20)18-6-8-19(9-7-18)14-16-4-1-5-17-14/h1,4-5,11-12H,2-3,6-10,15H2. The highest BCUT2D eigenvalue weighted by molar-refractivity contribution is 5.77. The van der Waals surface area contributed by atoms with E-state index in [1.165, 1.54) is 12.8 Å². The van der Waals surface area contributed by atoms with Crippen LogP contribution in [0.4, 0.5) is 5.95 Å². The molecule has 0 aromatic carbocycles. The molecule has 1 amide bonds. The van der Waals surface area contributed by atoms with E-state index < -0.39 is 0 Å². The second kappa shape index (κ2) is 5.75. The molecule has 1 aliphatic carbocycles. The minimum Gasteiger partial charge on any atom is -0.339 e. The number of anilines is 1. The van der Waals surface area contributed by atoms with Crippen LogP contribution in [-0.2, 0) is 4.79 Å². The largest absolute Gasteiger partial charge is 0.339 e. The smallest absolute Gasteiger partial charge is 0.225 e. The van der Waals surface area contributed by atoms with Crippen molar-refractivity contribution < 1.29 is 4.79 Å². The van der Waals surface area contributed by atoms with Gasteiger partial charge in [0.2, 0.25) is 11.9 Å². The Hall–Kier alpha value is -1.69. The zero-order valence-corrected chi connectivity index (χ0v) is 11.6. The monoisotopic (exact) mass is 275 g/mol. The number of piperazine rings is 1. The first-order valence-corrected chi connectivity index (χ1v) is 7.29. The van der Waals surface area contributed by atoms with Crippen LogP contribution in [0, 0.1) is 5.92 Å². The second-order valence-electron chi connectivity index (χ2n) is 5.62. The predicted molar refractivity (Wildman–Crippen MR) is 76.1 cm³/mol. The van der Waals surface area contributed by atoms with Crippen LogP contribution < -0.4 is 10.6 Å². The molecule has 2 aliphatic rings. The molecule has 1 aromatic heterocycles. The van der Waals surface area contributed by atoms with E-state index in [-0.39, 0.29) is 11.9 Å². The molecule has 0 radical (unpaired) electrons. The fourth-order valence-corrected chi connectivity index (χ4v) is 2.63. The van der Waals surface area contributed by atoms with Crippen molar-refractivity contribution >= 4 is 11.9 Å². The maximum atomic E-state index is 12.2. The Balaban J connectivity index is 1.49. The normalized spacial score (nSPS) is 20.9. The summed E-state index contributed by atoms with van der Waals surface area (Å²) >= 11 is 0. The fourth-order valence-electron chi connectivity index (χ4n) is 2.63. The van der Waals surface area contributed by atoms with Crippen molar-refractivity contribution in [3.05, 3.63) is 18.5 Å². The molecule has 1 atom stereocenters. The fraction of sp³-hybridized carbons (Fsp3) is 0.643. The van der Waals surface area contributed by atoms with Crippen LogP contribution in [0.1, 0.15) is 19.3 Å². The first-order valence-electron chi connectivity index (χ1n) is 7.29. The lowest BCUT2D eigenvalue weighted by Gasteiger charge is -2.35. The number of rotatable bonds is 4. The minimum atomic E-state index is 0.0537. The molecule has 1 unspecified atom stereocenters. The lowest BCUT2D eigenvalue weighted by molar-refractivity contribution is -0.131. The van der Waals surface area contributed by atoms with E-state index in [2.05, 4.69) is 14.9 Å². The molecule has 2 N–H and O–H groups in total. The number of aromatic nitrogens is 2. The highest BCUT2D eigenvalue weighted by Gasteiger charge is 2.31. The van der Waals surface area contributed by atoms with Gasteiger partial charge in [-0.15, -0.1) is 0 Å². The highest BCUT2D eigenvalue weighted by Crippen LogP contribution is 2.33. The average molecular weight is 275 g/mol. The summed E-state index contributed by atoms with van der Waals surface area (Å²) in [6.45, 7) is 3.03. The third-order valence-electron chi connectivity index (χ3n) is 4.11. The van der Waals surface area contributed by atoms with Gasteiger partial charge in [-0.05, 0) is 24.8 Å². The van der Waals surface area contributed by atoms with Crippen LogP contribution in [-0.4, -0.2) is 53.0 Å². The van der Waals surface area contributed by atoms with Gasteiger partial charge in [0, 0.05) is 51.0 Å². The van der Waals surface area contributed by atoms with Crippen molar-refractivity contribution in [3.8, 4) is 0 Å². The predicted octanol–water partition coefficient (Wildman–Crippen LogP) is 0.253. The minimum absolute atomic E-state index is 0.0537. The molecular weight excluding hydrogens is 254 g/mol. The number of nitrogens with zero attached hydrogens (tertiary/aromatic N) is 4. The lowest BCUT2D eigenvalue weighted by Crippen LogP contribution is -2.50. The molecule has 0 bridgehead atoms. The first-order chi connectivity index (χ1) is 9.74. The van der Waals surface area contributed by atoms with E-state index in [4.69, 9.17) is 5.73 Å². The van der Waals surface area contributed by atoms with Crippen molar-refractivity contribution in [2.24, 2.45) is 11.7 Å². The molecule has 1 saturated heterocycles. The third kappa shape index (κ3) is 3.07. The van der Waals surface area contributed by atoms with Crippen molar-refractivity contribution in [2.45, 2.75) is 25.3 Å². The van der Waals surface area contributed by atoms with Gasteiger partial charge in [-0.1, -0.05) is 0 Å². The summed E-state index contributed by atoms with van der Waals surface area (Å²) in [6, 6.07) is 1.86. The van der Waals surface area contributed by atoms with Crippen LogP contribution >= 0.6 is 0 Å². The summed E-state index contributed by atoms with van der Waals surface area (Å²) in [5.41, 5.74) is 6.03. The van der Waals surface area contributed by atoms with E-state index in [0.717, 1.165) is 32.1 Å². The molecule has 6 nitrogen and oxygen atoms in total. The Bertz CT molecular complexity index is 454. The molecule has 6 heteroatoms. The molecule has 1 aliphatic heterocycles. The van der Waals surface area contributed by atoms with Crippen molar-refractivity contribution in [1.82, 2.24) is 14.9 Å². The zero-order chi connectivity index (χ0) is 13.9. The number of carbonyl (C=O) groups is 1. The van der Waals surface area contributed by atoms with E-state index in [1.807, 2.05) is 11.0 Å². The van der Waals surface area contributed by atoms with Gasteiger partial charge in [0.15, 0.2) is 0 Å². The van der Waals surface area contributed by atoms with Gasteiger partial charge in [0.1, 0.15) is 0 Å². The molecule has 1 saturated carbocycles. The zero-order valence-electron chi connectivity index (χ0n) is 11.6. The van der Waals surface area contributed by atoms with Crippen LogP contribution in [0.15, 0.2) is 18.5 Å². The Morgan fingerprint density at radius 3 is 2.50 bits per heavy atom. The SMILES string of the molecule is NC(CC(=O)N1CCN(c2ncccn2)CC1)C1CC1. The van der Waals surface area contributed by atoms with E-state index in [1.54, 1.807) is 12.4 Å². The summed E-state index contributed by atoms with van der Waals surface area (Å²) in [5, 5.41) is 0. The molecule has 20 heavy (non-hydrogen) atoms. The molecule has 108 valence electrons. The van der Waals surface area contributed by atoms with E-state index >= 15 is 0 Å². The maximum Gasteiger partial charge on any atom is 0.225 e. The van der Waals surface area contributed by atoms with Crippen LogP contribution in [0.5, 0.6) is 0 Å². The summed E-state index contributed by atoms with van der Waals surface area (Å²) < 4.78 is 0. The van der Waals surface area contributed by atoms with Gasteiger partial charge >= 0.3 is 0 Å². The van der Waals surface area contributed by atoms with Gasteiger partial charge in [0.05, 0.1) is 0 Å². The Morgan fingerprint density at radius 1 is 1.25 bits per heavy atom. The average Bonchev–Trinajstić information content (AvgIpc) is 3.33. The molecule has 1 aromatic rings. The summed E-state index contributed by atoms with van der Waals surface area (Å²) in [6.07, 6.45) is 6.36. The Labute approximate surface area is 119 Å². The van der Waals surface area contributed by atoms with Gasteiger partial charge in [0.25, 0.3) is 0 Å². The van der Waals surface area contributed by atoms with Crippen LogP contribution in [0.25, 0.3) is 0 Å². The molecule has 2 heterocycles.